The van der Waals surface area contributed by atoms with E-state index < -0.39 is 0 Å². The van der Waals surface area contributed by atoms with Crippen LogP contribution in [-0.4, -0.2) is 46.5 Å². The summed E-state index contributed by atoms with van der Waals surface area (Å²) in [5, 5.41) is 10.2. The molecular formula is C84H74N6. The minimum absolute atomic E-state index is 1.14. The number of para-hydroxylation sites is 4. The average Bonchev–Trinajstić information content (AvgIpc) is 1.68. The van der Waals surface area contributed by atoms with Crippen LogP contribution in [0, 0.1) is 0 Å². The van der Waals surface area contributed by atoms with Crippen molar-refractivity contribution in [1.29, 1.82) is 0 Å². The van der Waals surface area contributed by atoms with Gasteiger partial charge in [-0.05, 0) is 205 Å². The van der Waals surface area contributed by atoms with Gasteiger partial charge in [0, 0.05) is 105 Å². The summed E-state index contributed by atoms with van der Waals surface area (Å²) in [6.45, 7) is 4.51. The van der Waals surface area contributed by atoms with Crippen LogP contribution < -0.4 is 9.80 Å². The van der Waals surface area contributed by atoms with Gasteiger partial charge in [-0.3, -0.25) is 0 Å². The number of nitrogens with zero attached hydrogens (tertiary/aromatic N) is 6. The fourth-order valence-electron chi connectivity index (χ4n) is 13.9. The van der Waals surface area contributed by atoms with Crippen LogP contribution in [0.5, 0.6) is 0 Å². The van der Waals surface area contributed by atoms with Gasteiger partial charge in [0.1, 0.15) is 0 Å². The van der Waals surface area contributed by atoms with Crippen LogP contribution in [0.2, 0.25) is 0 Å². The Morgan fingerprint density at radius 3 is 0.722 bits per heavy atom. The number of aryl methyl sites for hydroxylation is 2. The van der Waals surface area contributed by atoms with Crippen molar-refractivity contribution in [2.75, 3.05) is 38.0 Å². The lowest BCUT2D eigenvalue weighted by molar-refractivity contribution is 0.795. The average molecular weight is 1170 g/mol. The Morgan fingerprint density at radius 1 is 0.244 bits per heavy atom. The molecule has 16 rings (SSSR count). The second kappa shape index (κ2) is 23.5. The summed E-state index contributed by atoms with van der Waals surface area (Å²) < 4.78 is 9.60. The van der Waals surface area contributed by atoms with E-state index in [9.17, 15) is 0 Å². The van der Waals surface area contributed by atoms with E-state index in [4.69, 9.17) is 0 Å². The van der Waals surface area contributed by atoms with Gasteiger partial charge >= 0.3 is 0 Å². The lowest BCUT2D eigenvalue weighted by Crippen LogP contribution is -2.08. The number of rotatable bonds is 14. The molecule has 0 fully saturated rings. The first-order valence-corrected chi connectivity index (χ1v) is 32.1. The van der Waals surface area contributed by atoms with Crippen LogP contribution in [0.1, 0.15) is 50.7 Å². The van der Waals surface area contributed by atoms with E-state index >= 15 is 0 Å². The van der Waals surface area contributed by atoms with Gasteiger partial charge in [0.05, 0.1) is 44.1 Å². The van der Waals surface area contributed by atoms with Crippen LogP contribution in [-0.2, 0) is 12.8 Å². The second-order valence-electron chi connectivity index (χ2n) is 24.7. The van der Waals surface area contributed by atoms with Crippen molar-refractivity contribution in [1.82, 2.24) is 18.3 Å². The molecule has 0 bridgehead atoms. The molecule has 0 atom stereocenters. The predicted octanol–water partition coefficient (Wildman–Crippen LogP) is 21.9. The maximum absolute atomic E-state index is 2.42. The Hall–Kier alpha value is -10.6. The Kier molecular flexibility index (Phi) is 14.6. The normalized spacial score (nSPS) is 11.7. The van der Waals surface area contributed by atoms with E-state index in [1.165, 1.54) is 180 Å². The van der Waals surface area contributed by atoms with Crippen LogP contribution in [0.25, 0.3) is 132 Å². The van der Waals surface area contributed by atoms with E-state index in [-0.39, 0.29) is 0 Å². The van der Waals surface area contributed by atoms with Crippen molar-refractivity contribution in [3.05, 3.63) is 278 Å². The molecule has 6 heteroatoms. The molecule has 16 aromatic rings. The minimum atomic E-state index is 1.14. The number of aromatic nitrogens is 4. The topological polar surface area (TPSA) is 26.2 Å². The van der Waals surface area contributed by atoms with Crippen LogP contribution in [0.4, 0.5) is 11.4 Å². The van der Waals surface area contributed by atoms with Crippen LogP contribution in [0.3, 0.4) is 0 Å². The molecule has 6 nitrogen and oxygen atoms in total. The van der Waals surface area contributed by atoms with E-state index in [0.29, 0.717) is 0 Å². The molecule has 4 aromatic heterocycles. The zero-order valence-corrected chi connectivity index (χ0v) is 52.3. The van der Waals surface area contributed by atoms with Gasteiger partial charge in [-0.25, -0.2) is 0 Å². The number of unbranched alkanes of at least 4 members (excludes halogenated alkanes) is 2. The molecule has 0 amide bonds. The molecule has 0 aliphatic heterocycles. The molecule has 0 spiro atoms. The summed E-state index contributed by atoms with van der Waals surface area (Å²) in [6, 6.07) is 98.8. The number of fused-ring (bicyclic) bond motifs is 12. The predicted molar refractivity (Wildman–Crippen MR) is 387 cm³/mol. The number of hydrogen-bond donors (Lipinski definition) is 0. The maximum atomic E-state index is 2.42. The summed E-state index contributed by atoms with van der Waals surface area (Å²) in [6.07, 6.45) is 7.19. The van der Waals surface area contributed by atoms with Crippen molar-refractivity contribution >= 4 is 98.6 Å². The first kappa shape index (κ1) is 56.0. The van der Waals surface area contributed by atoms with Gasteiger partial charge in [-0.2, -0.15) is 0 Å². The lowest BCUT2D eigenvalue weighted by atomic mass is 10.0. The monoisotopic (exact) mass is 1170 g/mol. The van der Waals surface area contributed by atoms with Crippen molar-refractivity contribution in [3.63, 3.8) is 0 Å². The second-order valence-corrected chi connectivity index (χ2v) is 24.7. The third kappa shape index (κ3) is 9.93. The number of hydrogen-bond acceptors (Lipinski definition) is 2. The third-order valence-corrected chi connectivity index (χ3v) is 18.6. The SMILES string of the molecule is CCCCc1ccc(-n2c3ccccc3c3cc(-c4ccc5c(c4)c4ccccc4n5-c4ccc(CCCC)cc4)ccc32)cc1.CN(C)c1ccc(-n2c3ccccc3c3cc(-c4ccc5c(c4)c4ccccc4n5-c4ccc(N(C)C)cc4)ccc32)cc1. The summed E-state index contributed by atoms with van der Waals surface area (Å²) in [4.78, 5) is 4.27. The summed E-state index contributed by atoms with van der Waals surface area (Å²) in [7, 11) is 8.31. The largest absolute Gasteiger partial charge is 0.378 e. The highest BCUT2D eigenvalue weighted by Gasteiger charge is 2.19. The van der Waals surface area contributed by atoms with E-state index in [1.807, 2.05) is 0 Å². The first-order chi connectivity index (χ1) is 44.2. The molecule has 0 N–H and O–H groups in total. The van der Waals surface area contributed by atoms with E-state index in [0.717, 1.165) is 12.8 Å². The van der Waals surface area contributed by atoms with Crippen molar-refractivity contribution in [2.45, 2.75) is 52.4 Å². The quantitative estimate of drug-likeness (QED) is 0.108. The molecule has 12 aromatic carbocycles. The molecule has 440 valence electrons. The highest BCUT2D eigenvalue weighted by Crippen LogP contribution is 2.41. The minimum Gasteiger partial charge on any atom is -0.378 e. The molecular weight excluding hydrogens is 1090 g/mol. The highest BCUT2D eigenvalue weighted by atomic mass is 15.1. The smallest absolute Gasteiger partial charge is 0.0541 e. The Morgan fingerprint density at radius 2 is 0.478 bits per heavy atom. The van der Waals surface area contributed by atoms with Crippen LogP contribution in [0.15, 0.2) is 267 Å². The zero-order valence-electron chi connectivity index (χ0n) is 52.3. The maximum Gasteiger partial charge on any atom is 0.0541 e. The van der Waals surface area contributed by atoms with Gasteiger partial charge in [-0.15, -0.1) is 0 Å². The Labute approximate surface area is 527 Å². The summed E-state index contributed by atoms with van der Waals surface area (Å²) in [5.74, 6) is 0. The molecule has 0 saturated carbocycles. The summed E-state index contributed by atoms with van der Waals surface area (Å²) in [5.41, 5.74) is 24.7. The van der Waals surface area contributed by atoms with Crippen LogP contribution >= 0.6 is 0 Å². The number of anilines is 2. The van der Waals surface area contributed by atoms with Crippen molar-refractivity contribution in [3.8, 4) is 45.0 Å². The third-order valence-electron chi connectivity index (χ3n) is 18.6. The zero-order chi connectivity index (χ0) is 61.0. The Balaban J connectivity index is 0.000000150. The lowest BCUT2D eigenvalue weighted by Gasteiger charge is -2.14. The molecule has 0 unspecified atom stereocenters. The standard InChI is InChI=1S/C44H40N2.C40H34N4/c1-3-5-11-31-17-23-35(24-18-31)45-41-15-9-7-13-37(41)39-29-33(21-27-43(39)45)34-22-28-44-40(30-34)38-14-8-10-16-42(38)46(44)36-25-19-32(20-26-36)12-6-4-2;1-41(2)29-15-19-31(20-16-29)43-37-11-7-5-9-33(37)35-25-27(13-23-39(35)43)28-14-24-40-36(26-28)34-10-6-8-12-38(34)44(40)32-21-17-30(18-22-32)42(3)4/h7-10,13-30H,3-6,11-12H2,1-2H3;5-26H,1-4H3. The Bertz CT molecular complexity index is 4970. The highest BCUT2D eigenvalue weighted by molar-refractivity contribution is 6.15. The van der Waals surface area contributed by atoms with Crippen molar-refractivity contribution in [2.24, 2.45) is 0 Å². The van der Waals surface area contributed by atoms with Gasteiger partial charge < -0.3 is 28.1 Å². The molecule has 0 aliphatic rings. The fourth-order valence-corrected chi connectivity index (χ4v) is 13.9. The molecule has 0 aliphatic carbocycles. The van der Waals surface area contributed by atoms with E-state index in [1.54, 1.807) is 0 Å². The van der Waals surface area contributed by atoms with Gasteiger partial charge in [0.15, 0.2) is 0 Å². The van der Waals surface area contributed by atoms with Gasteiger partial charge in [-0.1, -0.05) is 148 Å². The molecule has 90 heavy (non-hydrogen) atoms. The van der Waals surface area contributed by atoms with Crippen molar-refractivity contribution < 1.29 is 0 Å². The summed E-state index contributed by atoms with van der Waals surface area (Å²) >= 11 is 0. The first-order valence-electron chi connectivity index (χ1n) is 32.1. The molecule has 4 heterocycles. The molecule has 0 radical (unpaired) electrons. The van der Waals surface area contributed by atoms with E-state index in [2.05, 4.69) is 337 Å². The van der Waals surface area contributed by atoms with Gasteiger partial charge in [0.25, 0.3) is 0 Å². The fraction of sp³-hybridized carbons (Fsp3) is 0.143. The molecule has 0 saturated heterocycles. The number of benzene rings is 12. The van der Waals surface area contributed by atoms with Gasteiger partial charge in [0.2, 0.25) is 0 Å².